The maximum absolute atomic E-state index is 13.2. The zero-order valence-electron chi connectivity index (χ0n) is 12.7. The van der Waals surface area contributed by atoms with Gasteiger partial charge in [0, 0.05) is 24.1 Å². The average molecular weight is 341 g/mol. The van der Waals surface area contributed by atoms with Crippen LogP contribution in [-0.4, -0.2) is 16.5 Å². The van der Waals surface area contributed by atoms with Gasteiger partial charge in [-0.15, -0.1) is 0 Å². The minimum absolute atomic E-state index is 0.0598. The normalized spacial score (nSPS) is 13.0. The molecular formula is C18H14ClFN4. The van der Waals surface area contributed by atoms with E-state index in [1.54, 1.807) is 12.3 Å². The van der Waals surface area contributed by atoms with Crippen LogP contribution in [0.4, 0.5) is 27.5 Å². The van der Waals surface area contributed by atoms with E-state index in [4.69, 9.17) is 11.6 Å². The van der Waals surface area contributed by atoms with Crippen molar-refractivity contribution in [3.8, 4) is 0 Å². The molecule has 4 nitrogen and oxygen atoms in total. The molecule has 0 amide bonds. The Labute approximate surface area is 143 Å². The second-order valence-electron chi connectivity index (χ2n) is 5.52. The number of hydrogen-bond donors (Lipinski definition) is 1. The lowest BCUT2D eigenvalue weighted by molar-refractivity contribution is 0.628. The molecule has 0 spiro atoms. The van der Waals surface area contributed by atoms with Gasteiger partial charge in [0.05, 0.1) is 5.02 Å². The van der Waals surface area contributed by atoms with Crippen LogP contribution in [-0.2, 0) is 6.42 Å². The Morgan fingerprint density at radius 2 is 2.00 bits per heavy atom. The predicted octanol–water partition coefficient (Wildman–Crippen LogP) is 4.71. The maximum atomic E-state index is 13.2. The zero-order chi connectivity index (χ0) is 16.5. The van der Waals surface area contributed by atoms with Crippen molar-refractivity contribution in [1.29, 1.82) is 0 Å². The van der Waals surface area contributed by atoms with Crippen molar-refractivity contribution in [2.24, 2.45) is 0 Å². The van der Waals surface area contributed by atoms with Crippen molar-refractivity contribution in [2.75, 3.05) is 16.8 Å². The number of rotatable bonds is 3. The zero-order valence-corrected chi connectivity index (χ0v) is 13.5. The molecule has 1 aliphatic rings. The van der Waals surface area contributed by atoms with Crippen LogP contribution in [0.5, 0.6) is 0 Å². The van der Waals surface area contributed by atoms with Gasteiger partial charge >= 0.3 is 0 Å². The molecule has 120 valence electrons. The molecule has 0 saturated carbocycles. The van der Waals surface area contributed by atoms with Crippen molar-refractivity contribution in [3.63, 3.8) is 0 Å². The fourth-order valence-electron chi connectivity index (χ4n) is 2.84. The highest BCUT2D eigenvalue weighted by atomic mass is 35.5. The first-order valence-corrected chi connectivity index (χ1v) is 7.99. The summed E-state index contributed by atoms with van der Waals surface area (Å²) in [6.45, 7) is 0.887. The molecule has 0 radical (unpaired) electrons. The van der Waals surface area contributed by atoms with Crippen LogP contribution in [0.15, 0.2) is 54.7 Å². The summed E-state index contributed by atoms with van der Waals surface area (Å²) in [5.41, 5.74) is 3.13. The third-order valence-electron chi connectivity index (χ3n) is 3.98. The number of fused-ring (bicyclic) bond motifs is 1. The summed E-state index contributed by atoms with van der Waals surface area (Å²) in [5.74, 6) is 0.816. The number of nitrogens with one attached hydrogen (secondary N) is 1. The van der Waals surface area contributed by atoms with Crippen molar-refractivity contribution < 1.29 is 4.39 Å². The second kappa shape index (κ2) is 6.09. The Bertz CT molecular complexity index is 900. The van der Waals surface area contributed by atoms with Crippen LogP contribution in [0, 0.1) is 5.82 Å². The molecule has 1 aromatic heterocycles. The van der Waals surface area contributed by atoms with E-state index in [1.807, 2.05) is 18.2 Å². The van der Waals surface area contributed by atoms with Gasteiger partial charge < -0.3 is 10.2 Å². The summed E-state index contributed by atoms with van der Waals surface area (Å²) in [4.78, 5) is 11.0. The molecule has 1 N–H and O–H groups in total. The first kappa shape index (κ1) is 14.9. The number of halogens is 2. The molecule has 4 rings (SSSR count). The second-order valence-corrected chi connectivity index (χ2v) is 5.93. The van der Waals surface area contributed by atoms with Gasteiger partial charge in [-0.25, -0.2) is 9.37 Å². The highest BCUT2D eigenvalue weighted by Crippen LogP contribution is 2.33. The van der Waals surface area contributed by atoms with Crippen molar-refractivity contribution >= 4 is 34.7 Å². The lowest BCUT2D eigenvalue weighted by atomic mass is 10.2. The van der Waals surface area contributed by atoms with E-state index in [0.717, 1.165) is 18.8 Å². The van der Waals surface area contributed by atoms with Gasteiger partial charge in [-0.05, 0) is 42.3 Å². The largest absolute Gasteiger partial charge is 0.326 e. The minimum Gasteiger partial charge on any atom is -0.326 e. The van der Waals surface area contributed by atoms with E-state index in [1.165, 1.54) is 23.4 Å². The molecule has 0 fully saturated rings. The number of hydrogen-bond acceptors (Lipinski definition) is 4. The highest BCUT2D eigenvalue weighted by Gasteiger charge is 2.21. The molecular weight excluding hydrogens is 327 g/mol. The molecule has 24 heavy (non-hydrogen) atoms. The van der Waals surface area contributed by atoms with E-state index >= 15 is 0 Å². The number of nitrogens with zero attached hydrogens (tertiary/aromatic N) is 3. The Balaban J connectivity index is 1.61. The van der Waals surface area contributed by atoms with Crippen LogP contribution in [0.1, 0.15) is 5.56 Å². The van der Waals surface area contributed by atoms with E-state index < -0.39 is 5.82 Å². The quantitative estimate of drug-likeness (QED) is 0.750. The summed E-state index contributed by atoms with van der Waals surface area (Å²) < 4.78 is 13.2. The highest BCUT2D eigenvalue weighted by molar-refractivity contribution is 6.31. The van der Waals surface area contributed by atoms with Gasteiger partial charge in [-0.2, -0.15) is 4.98 Å². The molecule has 2 aromatic carbocycles. The third-order valence-corrected chi connectivity index (χ3v) is 4.27. The Morgan fingerprint density at radius 1 is 1.12 bits per heavy atom. The summed E-state index contributed by atoms with van der Waals surface area (Å²) in [7, 11) is 0. The third kappa shape index (κ3) is 2.78. The van der Waals surface area contributed by atoms with Gasteiger partial charge in [0.15, 0.2) is 0 Å². The molecule has 0 bridgehead atoms. The summed E-state index contributed by atoms with van der Waals surface area (Å²) in [5, 5.41) is 3.12. The first-order chi connectivity index (χ1) is 11.7. The number of aromatic nitrogens is 2. The van der Waals surface area contributed by atoms with E-state index in [-0.39, 0.29) is 5.02 Å². The van der Waals surface area contributed by atoms with Crippen molar-refractivity contribution in [1.82, 2.24) is 9.97 Å². The van der Waals surface area contributed by atoms with E-state index in [9.17, 15) is 4.39 Å². The molecule has 1 aliphatic heterocycles. The molecule has 6 heteroatoms. The van der Waals surface area contributed by atoms with Gasteiger partial charge in [0.2, 0.25) is 5.95 Å². The molecule has 0 atom stereocenters. The van der Waals surface area contributed by atoms with Gasteiger partial charge in [-0.1, -0.05) is 29.8 Å². The number of anilines is 4. The molecule has 0 unspecified atom stereocenters. The van der Waals surface area contributed by atoms with Gasteiger partial charge in [0.25, 0.3) is 0 Å². The van der Waals surface area contributed by atoms with E-state index in [0.29, 0.717) is 11.6 Å². The molecule has 3 aromatic rings. The van der Waals surface area contributed by atoms with E-state index in [2.05, 4.69) is 32.3 Å². The summed E-state index contributed by atoms with van der Waals surface area (Å²) >= 11 is 5.81. The Morgan fingerprint density at radius 3 is 2.88 bits per heavy atom. The number of para-hydroxylation sites is 1. The molecule has 2 heterocycles. The van der Waals surface area contributed by atoms with Crippen LogP contribution < -0.4 is 10.2 Å². The Kier molecular flexibility index (Phi) is 3.78. The predicted molar refractivity (Wildman–Crippen MR) is 93.9 cm³/mol. The maximum Gasteiger partial charge on any atom is 0.229 e. The van der Waals surface area contributed by atoms with Gasteiger partial charge in [0.1, 0.15) is 11.6 Å². The van der Waals surface area contributed by atoms with Crippen LogP contribution in [0.25, 0.3) is 0 Å². The SMILES string of the molecule is Fc1ccc(Nc2nccc(N3CCc4ccccc43)n2)cc1Cl. The summed E-state index contributed by atoms with van der Waals surface area (Å²) in [6.07, 6.45) is 2.70. The van der Waals surface area contributed by atoms with Crippen molar-refractivity contribution in [2.45, 2.75) is 6.42 Å². The van der Waals surface area contributed by atoms with Crippen molar-refractivity contribution in [3.05, 3.63) is 71.1 Å². The standard InChI is InChI=1S/C18H14ClFN4/c19-14-11-13(5-6-15(14)20)22-18-21-9-7-17(23-18)24-10-8-12-3-1-2-4-16(12)24/h1-7,9,11H,8,10H2,(H,21,22,23). The van der Waals surface area contributed by atoms with Crippen LogP contribution in [0.3, 0.4) is 0 Å². The fourth-order valence-corrected chi connectivity index (χ4v) is 3.02. The van der Waals surface area contributed by atoms with Crippen LogP contribution in [0.2, 0.25) is 5.02 Å². The summed E-state index contributed by atoms with van der Waals surface area (Å²) in [6, 6.07) is 14.6. The number of benzene rings is 2. The van der Waals surface area contributed by atoms with Gasteiger partial charge in [-0.3, -0.25) is 0 Å². The van der Waals surface area contributed by atoms with Crippen LogP contribution >= 0.6 is 11.6 Å². The minimum atomic E-state index is -0.453. The monoisotopic (exact) mass is 340 g/mol. The topological polar surface area (TPSA) is 41.1 Å². The average Bonchev–Trinajstić information content (AvgIpc) is 3.03. The lowest BCUT2D eigenvalue weighted by Gasteiger charge is -2.18. The smallest absolute Gasteiger partial charge is 0.229 e. The molecule has 0 saturated heterocycles. The first-order valence-electron chi connectivity index (χ1n) is 7.61. The lowest BCUT2D eigenvalue weighted by Crippen LogP contribution is -2.15. The Hall–Kier alpha value is -2.66. The fraction of sp³-hybridized carbons (Fsp3) is 0.111. The molecule has 0 aliphatic carbocycles.